The van der Waals surface area contributed by atoms with Gasteiger partial charge in [-0.15, -0.1) is 0 Å². The molecule has 4 nitrogen and oxygen atoms in total. The van der Waals surface area contributed by atoms with Crippen LogP contribution in [0.15, 0.2) is 24.3 Å². The van der Waals surface area contributed by atoms with Gasteiger partial charge in [-0.25, -0.2) is 0 Å². The number of carbonyl (C=O) groups excluding carboxylic acids is 1. The Morgan fingerprint density at radius 2 is 2.12 bits per heavy atom. The van der Waals surface area contributed by atoms with Crippen LogP contribution in [-0.4, -0.2) is 38.1 Å². The van der Waals surface area contributed by atoms with Crippen LogP contribution in [0.25, 0.3) is 0 Å². The van der Waals surface area contributed by atoms with Gasteiger partial charge in [0.1, 0.15) is 5.75 Å². The second kappa shape index (κ2) is 6.12. The van der Waals surface area contributed by atoms with Crippen LogP contribution < -0.4 is 10.5 Å². The van der Waals surface area contributed by atoms with Gasteiger partial charge in [-0.3, -0.25) is 9.69 Å². The highest BCUT2D eigenvalue weighted by atomic mass is 16.5. The molecule has 0 aliphatic rings. The van der Waals surface area contributed by atoms with Gasteiger partial charge >= 0.3 is 0 Å². The number of ether oxygens (including phenoxy) is 1. The largest absolute Gasteiger partial charge is 0.496 e. The summed E-state index contributed by atoms with van der Waals surface area (Å²) in [6.45, 7) is 1.07. The van der Waals surface area contributed by atoms with Crippen LogP contribution in [0.5, 0.6) is 5.75 Å². The van der Waals surface area contributed by atoms with Crippen molar-refractivity contribution < 1.29 is 9.53 Å². The minimum atomic E-state index is -0.303. The van der Waals surface area contributed by atoms with Gasteiger partial charge in [-0.1, -0.05) is 18.2 Å². The van der Waals surface area contributed by atoms with E-state index >= 15 is 0 Å². The molecule has 0 heterocycles. The van der Waals surface area contributed by atoms with Crippen molar-refractivity contribution in [2.24, 2.45) is 5.73 Å². The van der Waals surface area contributed by atoms with E-state index in [1.807, 2.05) is 36.2 Å². The Hall–Kier alpha value is -1.55. The Kier molecular flexibility index (Phi) is 4.79. The van der Waals surface area contributed by atoms with Crippen molar-refractivity contribution in [3.63, 3.8) is 0 Å². The maximum Gasteiger partial charge on any atom is 0.231 e. The maximum atomic E-state index is 10.7. The molecule has 0 saturated carbocycles. The Balaban J connectivity index is 2.50. The van der Waals surface area contributed by atoms with Crippen molar-refractivity contribution >= 4 is 5.91 Å². The maximum absolute atomic E-state index is 10.7. The lowest BCUT2D eigenvalue weighted by molar-refractivity contribution is -0.118. The molecule has 0 radical (unpaired) electrons. The van der Waals surface area contributed by atoms with Gasteiger partial charge in [0.2, 0.25) is 5.91 Å². The second-order valence-corrected chi connectivity index (χ2v) is 3.77. The minimum absolute atomic E-state index is 0.287. The lowest BCUT2D eigenvalue weighted by Crippen LogP contribution is -2.32. The molecule has 1 aromatic carbocycles. The number of likely N-dealkylation sites (N-methyl/N-ethyl adjacent to an activating group) is 1. The number of benzene rings is 1. The van der Waals surface area contributed by atoms with E-state index < -0.39 is 0 Å². The van der Waals surface area contributed by atoms with Crippen molar-refractivity contribution in [3.05, 3.63) is 29.8 Å². The number of rotatable bonds is 6. The number of hydrogen-bond donors (Lipinski definition) is 1. The second-order valence-electron chi connectivity index (χ2n) is 3.77. The first-order valence-corrected chi connectivity index (χ1v) is 5.22. The van der Waals surface area contributed by atoms with Crippen LogP contribution in [0, 0.1) is 0 Å². The highest BCUT2D eigenvalue weighted by molar-refractivity contribution is 5.75. The molecule has 0 spiro atoms. The Morgan fingerprint density at radius 3 is 2.75 bits per heavy atom. The number of hydrogen-bond acceptors (Lipinski definition) is 3. The summed E-state index contributed by atoms with van der Waals surface area (Å²) in [5.41, 5.74) is 6.25. The molecule has 0 saturated heterocycles. The molecule has 0 aromatic heterocycles. The fourth-order valence-electron chi connectivity index (χ4n) is 1.57. The minimum Gasteiger partial charge on any atom is -0.496 e. The Morgan fingerprint density at radius 1 is 1.44 bits per heavy atom. The van der Waals surface area contributed by atoms with Crippen molar-refractivity contribution in [1.29, 1.82) is 0 Å². The molecule has 0 aliphatic heterocycles. The fraction of sp³-hybridized carbons (Fsp3) is 0.417. The summed E-state index contributed by atoms with van der Waals surface area (Å²) in [6.07, 6.45) is 0.841. The van der Waals surface area contributed by atoms with Gasteiger partial charge in [0.15, 0.2) is 0 Å². The first kappa shape index (κ1) is 12.5. The van der Waals surface area contributed by atoms with E-state index in [9.17, 15) is 4.79 Å². The monoisotopic (exact) mass is 222 g/mol. The molecule has 88 valence electrons. The van der Waals surface area contributed by atoms with Crippen LogP contribution in [0.1, 0.15) is 5.56 Å². The van der Waals surface area contributed by atoms with Crippen LogP contribution in [0.2, 0.25) is 0 Å². The Labute approximate surface area is 96.0 Å². The first-order valence-electron chi connectivity index (χ1n) is 5.22. The third kappa shape index (κ3) is 3.90. The van der Waals surface area contributed by atoms with Crippen LogP contribution in [0.4, 0.5) is 0 Å². The third-order valence-corrected chi connectivity index (χ3v) is 2.38. The van der Waals surface area contributed by atoms with E-state index in [1.54, 1.807) is 7.11 Å². The average molecular weight is 222 g/mol. The van der Waals surface area contributed by atoms with Crippen molar-refractivity contribution in [2.75, 3.05) is 27.2 Å². The van der Waals surface area contributed by atoms with E-state index in [1.165, 1.54) is 0 Å². The summed E-state index contributed by atoms with van der Waals surface area (Å²) in [6, 6.07) is 7.88. The van der Waals surface area contributed by atoms with Gasteiger partial charge < -0.3 is 10.5 Å². The quantitative estimate of drug-likeness (QED) is 0.769. The molecule has 2 N–H and O–H groups in total. The Bertz CT molecular complexity index is 353. The predicted octanol–water partition coefficient (Wildman–Crippen LogP) is 0.655. The van der Waals surface area contributed by atoms with Gasteiger partial charge in [-0.2, -0.15) is 0 Å². The molecule has 0 fully saturated rings. The van der Waals surface area contributed by atoms with Gasteiger partial charge in [0.05, 0.1) is 13.7 Å². The molecule has 1 aromatic rings. The van der Waals surface area contributed by atoms with Crippen molar-refractivity contribution in [2.45, 2.75) is 6.42 Å². The van der Waals surface area contributed by atoms with Crippen LogP contribution >= 0.6 is 0 Å². The SMILES string of the molecule is COc1ccccc1CCN(C)CC(N)=O. The molecule has 16 heavy (non-hydrogen) atoms. The summed E-state index contributed by atoms with van der Waals surface area (Å²) < 4.78 is 5.25. The highest BCUT2D eigenvalue weighted by Gasteiger charge is 2.05. The van der Waals surface area contributed by atoms with E-state index in [2.05, 4.69) is 0 Å². The predicted molar refractivity (Wildman–Crippen MR) is 63.4 cm³/mol. The van der Waals surface area contributed by atoms with E-state index in [0.29, 0.717) is 0 Å². The highest BCUT2D eigenvalue weighted by Crippen LogP contribution is 2.17. The average Bonchev–Trinajstić information content (AvgIpc) is 2.26. The zero-order chi connectivity index (χ0) is 12.0. The molecule has 4 heteroatoms. The third-order valence-electron chi connectivity index (χ3n) is 2.38. The zero-order valence-corrected chi connectivity index (χ0v) is 9.77. The van der Waals surface area contributed by atoms with E-state index in [-0.39, 0.29) is 12.5 Å². The summed E-state index contributed by atoms with van der Waals surface area (Å²) in [5.74, 6) is 0.581. The smallest absolute Gasteiger partial charge is 0.231 e. The summed E-state index contributed by atoms with van der Waals surface area (Å²) in [4.78, 5) is 12.6. The first-order chi connectivity index (χ1) is 7.63. The molecule has 1 amide bonds. The van der Waals surface area contributed by atoms with Gasteiger partial charge in [-0.05, 0) is 25.1 Å². The molecule has 0 atom stereocenters. The number of para-hydroxylation sites is 1. The molecule has 0 unspecified atom stereocenters. The van der Waals surface area contributed by atoms with Crippen LogP contribution in [-0.2, 0) is 11.2 Å². The number of nitrogens with zero attached hydrogens (tertiary/aromatic N) is 1. The number of methoxy groups -OCH3 is 1. The molecule has 1 rings (SSSR count). The molecule has 0 aliphatic carbocycles. The van der Waals surface area contributed by atoms with Crippen molar-refractivity contribution in [3.8, 4) is 5.75 Å². The lowest BCUT2D eigenvalue weighted by atomic mass is 10.1. The lowest BCUT2D eigenvalue weighted by Gasteiger charge is -2.15. The normalized spacial score (nSPS) is 10.4. The van der Waals surface area contributed by atoms with Gasteiger partial charge in [0, 0.05) is 6.54 Å². The number of primary amides is 1. The summed E-state index contributed by atoms with van der Waals surface area (Å²) in [5, 5.41) is 0. The van der Waals surface area contributed by atoms with Crippen LogP contribution in [0.3, 0.4) is 0 Å². The molecular formula is C12H18N2O2. The summed E-state index contributed by atoms with van der Waals surface area (Å²) >= 11 is 0. The number of nitrogens with two attached hydrogens (primary N) is 1. The van der Waals surface area contributed by atoms with E-state index in [0.717, 1.165) is 24.3 Å². The summed E-state index contributed by atoms with van der Waals surface area (Å²) in [7, 11) is 3.53. The number of amides is 1. The fourth-order valence-corrected chi connectivity index (χ4v) is 1.57. The standard InChI is InChI=1S/C12H18N2O2/c1-14(9-12(13)15)8-7-10-5-3-4-6-11(10)16-2/h3-6H,7-9H2,1-2H3,(H2,13,15). The zero-order valence-electron chi connectivity index (χ0n) is 9.77. The van der Waals surface area contributed by atoms with Gasteiger partial charge in [0.25, 0.3) is 0 Å². The molecule has 0 bridgehead atoms. The molecular weight excluding hydrogens is 204 g/mol. The topological polar surface area (TPSA) is 55.6 Å². The number of carbonyl (C=O) groups is 1. The van der Waals surface area contributed by atoms with E-state index in [4.69, 9.17) is 10.5 Å². The van der Waals surface area contributed by atoms with Crippen molar-refractivity contribution in [1.82, 2.24) is 4.90 Å².